The lowest BCUT2D eigenvalue weighted by atomic mass is 9.92. The fraction of sp³-hybridized carbons (Fsp3) is 0.182. The summed E-state index contributed by atoms with van der Waals surface area (Å²) in [4.78, 5) is 29.4. The molecule has 1 aromatic heterocycles. The highest BCUT2D eigenvalue weighted by atomic mass is 32.1. The van der Waals surface area contributed by atoms with Crippen molar-refractivity contribution in [2.75, 3.05) is 5.32 Å². The number of Topliss-reactive ketones (excluding diaryl/α,β-unsaturated/α-hetero) is 1. The Balaban J connectivity index is 1.24. The Kier molecular flexibility index (Phi) is 7.84. The zero-order chi connectivity index (χ0) is 27.4. The first-order valence-electron chi connectivity index (χ1n) is 13.0. The maximum Gasteiger partial charge on any atom is 0.306 e. The van der Waals surface area contributed by atoms with Crippen LogP contribution in [0.15, 0.2) is 91.0 Å². The van der Waals surface area contributed by atoms with Gasteiger partial charge in [0.2, 0.25) is 0 Å². The molecule has 0 saturated carbocycles. The molecule has 39 heavy (non-hydrogen) atoms. The fourth-order valence-corrected chi connectivity index (χ4v) is 5.65. The number of benzene rings is 4. The number of aliphatic carboxylic acids is 1. The molecule has 5 nitrogen and oxygen atoms in total. The van der Waals surface area contributed by atoms with Crippen molar-refractivity contribution in [1.82, 2.24) is 4.98 Å². The van der Waals surface area contributed by atoms with E-state index in [0.29, 0.717) is 18.4 Å². The van der Waals surface area contributed by atoms with Gasteiger partial charge in [-0.25, -0.2) is 4.98 Å². The predicted molar refractivity (Wildman–Crippen MR) is 159 cm³/mol. The summed E-state index contributed by atoms with van der Waals surface area (Å²) in [5, 5.41) is 14.0. The van der Waals surface area contributed by atoms with Crippen LogP contribution in [-0.2, 0) is 11.2 Å². The summed E-state index contributed by atoms with van der Waals surface area (Å²) in [6, 6.07) is 29.7. The molecular formula is C33H30N2O3S. The van der Waals surface area contributed by atoms with E-state index in [0.717, 1.165) is 43.3 Å². The average molecular weight is 535 g/mol. The number of carbonyl (C=O) groups is 2. The third kappa shape index (κ3) is 6.41. The van der Waals surface area contributed by atoms with Gasteiger partial charge in [0, 0.05) is 17.7 Å². The number of nitrogens with zero attached hydrogens (tertiary/aromatic N) is 1. The van der Waals surface area contributed by atoms with Gasteiger partial charge in [-0.15, -0.1) is 0 Å². The maximum atomic E-state index is 12.9. The summed E-state index contributed by atoms with van der Waals surface area (Å²) >= 11 is 1.64. The van der Waals surface area contributed by atoms with E-state index < -0.39 is 11.9 Å². The quantitative estimate of drug-likeness (QED) is 0.176. The molecule has 196 valence electrons. The lowest BCUT2D eigenvalue weighted by molar-refractivity contribution is -0.141. The number of rotatable bonds is 10. The molecule has 6 heteroatoms. The van der Waals surface area contributed by atoms with Crippen molar-refractivity contribution in [2.24, 2.45) is 5.92 Å². The van der Waals surface area contributed by atoms with Gasteiger partial charge in [-0.05, 0) is 78.8 Å². The maximum absolute atomic E-state index is 12.9. The number of aromatic nitrogens is 1. The normalized spacial score (nSPS) is 11.8. The molecule has 1 heterocycles. The molecule has 5 rings (SSSR count). The zero-order valence-corrected chi connectivity index (χ0v) is 22.8. The highest BCUT2D eigenvalue weighted by Crippen LogP contribution is 2.32. The Morgan fingerprint density at radius 1 is 0.897 bits per heavy atom. The molecule has 1 unspecified atom stereocenters. The number of hydrogen-bond donors (Lipinski definition) is 2. The summed E-state index contributed by atoms with van der Waals surface area (Å²) in [5.41, 5.74) is 7.94. The van der Waals surface area contributed by atoms with Crippen molar-refractivity contribution in [3.8, 4) is 11.1 Å². The van der Waals surface area contributed by atoms with Gasteiger partial charge in [-0.3, -0.25) is 9.59 Å². The number of fused-ring (bicyclic) bond motifs is 1. The summed E-state index contributed by atoms with van der Waals surface area (Å²) in [6.45, 7) is 4.14. The zero-order valence-electron chi connectivity index (χ0n) is 22.0. The van der Waals surface area contributed by atoms with Gasteiger partial charge in [0.15, 0.2) is 10.9 Å². The topological polar surface area (TPSA) is 79.3 Å². The molecule has 0 bridgehead atoms. The van der Waals surface area contributed by atoms with Gasteiger partial charge in [-0.1, -0.05) is 78.1 Å². The summed E-state index contributed by atoms with van der Waals surface area (Å²) < 4.78 is 1.16. The third-order valence-corrected chi connectivity index (χ3v) is 7.89. The van der Waals surface area contributed by atoms with Crippen molar-refractivity contribution in [3.63, 3.8) is 0 Å². The number of carboxylic acid groups (broad SMARTS) is 1. The lowest BCUT2D eigenvalue weighted by Gasteiger charge is -2.12. The largest absolute Gasteiger partial charge is 0.481 e. The van der Waals surface area contributed by atoms with Crippen LogP contribution in [0.2, 0.25) is 0 Å². The van der Waals surface area contributed by atoms with Gasteiger partial charge >= 0.3 is 5.97 Å². The van der Waals surface area contributed by atoms with E-state index in [4.69, 9.17) is 4.98 Å². The minimum Gasteiger partial charge on any atom is -0.481 e. The lowest BCUT2D eigenvalue weighted by Crippen LogP contribution is -2.19. The number of ketones is 1. The number of carboxylic acids is 1. The van der Waals surface area contributed by atoms with Crippen molar-refractivity contribution >= 4 is 44.1 Å². The standard InChI is InChI=1S/C33H30N2O3S/c1-21-8-16-29-31(18-21)39-33(35-29)34-28-17-15-26(19-22(28)2)24-11-13-25(14-12-24)30(36)20-27(32(37)38)10-9-23-6-4-3-5-7-23/h3-8,11-19,27H,9-10,20H2,1-2H3,(H,34,35)(H,37,38). The van der Waals surface area contributed by atoms with E-state index >= 15 is 0 Å². The molecule has 0 aliphatic carbocycles. The minimum atomic E-state index is -0.930. The summed E-state index contributed by atoms with van der Waals surface area (Å²) in [5.74, 6) is -1.79. The molecule has 0 radical (unpaired) electrons. The molecular weight excluding hydrogens is 504 g/mol. The Labute approximate surface area is 232 Å². The van der Waals surface area contributed by atoms with Crippen LogP contribution in [0.25, 0.3) is 21.3 Å². The van der Waals surface area contributed by atoms with Crippen LogP contribution in [0.5, 0.6) is 0 Å². The molecule has 0 fully saturated rings. The molecule has 2 N–H and O–H groups in total. The Morgan fingerprint density at radius 3 is 2.36 bits per heavy atom. The van der Waals surface area contributed by atoms with E-state index in [1.165, 1.54) is 5.56 Å². The number of anilines is 2. The second-order valence-electron chi connectivity index (χ2n) is 9.91. The van der Waals surface area contributed by atoms with Crippen LogP contribution in [-0.4, -0.2) is 21.8 Å². The molecule has 1 atom stereocenters. The van der Waals surface area contributed by atoms with E-state index in [1.54, 1.807) is 23.5 Å². The number of nitrogens with one attached hydrogen (secondary N) is 1. The first-order chi connectivity index (χ1) is 18.9. The van der Waals surface area contributed by atoms with E-state index in [-0.39, 0.29) is 12.2 Å². The molecule has 4 aromatic carbocycles. The van der Waals surface area contributed by atoms with Gasteiger partial charge in [-0.2, -0.15) is 0 Å². The van der Waals surface area contributed by atoms with E-state index in [2.05, 4.69) is 37.4 Å². The fourth-order valence-electron chi connectivity index (χ4n) is 4.67. The molecule has 0 aliphatic rings. The first-order valence-corrected chi connectivity index (χ1v) is 13.8. The van der Waals surface area contributed by atoms with Crippen LogP contribution in [0.1, 0.15) is 39.9 Å². The second kappa shape index (κ2) is 11.6. The smallest absolute Gasteiger partial charge is 0.306 e. The average Bonchev–Trinajstić information content (AvgIpc) is 3.34. The summed E-state index contributed by atoms with van der Waals surface area (Å²) in [7, 11) is 0. The Hall–Kier alpha value is -4.29. The second-order valence-corrected chi connectivity index (χ2v) is 10.9. The van der Waals surface area contributed by atoms with Crippen molar-refractivity contribution in [3.05, 3.63) is 113 Å². The Bertz CT molecular complexity index is 1620. The first kappa shape index (κ1) is 26.3. The number of thiazole rings is 1. The van der Waals surface area contributed by atoms with Gasteiger partial charge in [0.25, 0.3) is 0 Å². The number of carbonyl (C=O) groups excluding carboxylic acids is 1. The number of aryl methyl sites for hydroxylation is 3. The van der Waals surface area contributed by atoms with Crippen LogP contribution < -0.4 is 5.32 Å². The van der Waals surface area contributed by atoms with Gasteiger partial charge in [0.05, 0.1) is 16.1 Å². The highest BCUT2D eigenvalue weighted by Gasteiger charge is 2.22. The van der Waals surface area contributed by atoms with Crippen LogP contribution >= 0.6 is 11.3 Å². The van der Waals surface area contributed by atoms with Crippen molar-refractivity contribution in [1.29, 1.82) is 0 Å². The Morgan fingerprint density at radius 2 is 1.64 bits per heavy atom. The van der Waals surface area contributed by atoms with Crippen molar-refractivity contribution < 1.29 is 14.7 Å². The summed E-state index contributed by atoms with van der Waals surface area (Å²) in [6.07, 6.45) is 1.05. The predicted octanol–water partition coefficient (Wildman–Crippen LogP) is 8.23. The van der Waals surface area contributed by atoms with E-state index in [1.807, 2.05) is 60.7 Å². The van der Waals surface area contributed by atoms with Gasteiger partial charge < -0.3 is 10.4 Å². The molecule has 0 spiro atoms. The van der Waals surface area contributed by atoms with Crippen LogP contribution in [0.3, 0.4) is 0 Å². The molecule has 0 aliphatic heterocycles. The monoisotopic (exact) mass is 534 g/mol. The minimum absolute atomic E-state index is 0.00762. The molecule has 0 amide bonds. The number of hydrogen-bond acceptors (Lipinski definition) is 5. The van der Waals surface area contributed by atoms with Crippen LogP contribution in [0, 0.1) is 19.8 Å². The molecule has 0 saturated heterocycles. The highest BCUT2D eigenvalue weighted by molar-refractivity contribution is 7.22. The van der Waals surface area contributed by atoms with Crippen molar-refractivity contribution in [2.45, 2.75) is 33.1 Å². The van der Waals surface area contributed by atoms with E-state index in [9.17, 15) is 14.7 Å². The molecule has 5 aromatic rings. The van der Waals surface area contributed by atoms with Crippen LogP contribution in [0.4, 0.5) is 10.8 Å². The third-order valence-electron chi connectivity index (χ3n) is 6.96. The van der Waals surface area contributed by atoms with Gasteiger partial charge in [0.1, 0.15) is 0 Å². The SMILES string of the molecule is Cc1ccc2nc(Nc3ccc(-c4ccc(C(=O)CC(CCc5ccccc5)C(=O)O)cc4)cc3C)sc2c1.